The van der Waals surface area contributed by atoms with E-state index in [9.17, 15) is 0 Å². The van der Waals surface area contributed by atoms with Crippen LogP contribution in [0.25, 0.3) is 0 Å². The maximum atomic E-state index is 5.61. The Bertz CT molecular complexity index is 375. The fourth-order valence-corrected chi connectivity index (χ4v) is 2.66. The van der Waals surface area contributed by atoms with Crippen LogP contribution < -0.4 is 10.1 Å². The van der Waals surface area contributed by atoms with E-state index < -0.39 is 0 Å². The van der Waals surface area contributed by atoms with Crippen molar-refractivity contribution in [3.05, 3.63) is 29.3 Å². The molecule has 2 aliphatic rings. The maximum Gasteiger partial charge on any atom is 0.122 e. The summed E-state index contributed by atoms with van der Waals surface area (Å²) in [5.74, 6) is 1.85. The number of hydrogen-bond acceptors (Lipinski definition) is 2. The quantitative estimate of drug-likeness (QED) is 0.756. The molecule has 2 atom stereocenters. The first kappa shape index (κ1) is 9.22. The molecular weight excluding hydrogens is 186 g/mol. The Morgan fingerprint density at radius 1 is 1.40 bits per heavy atom. The zero-order chi connectivity index (χ0) is 10.3. The molecule has 1 saturated heterocycles. The highest BCUT2D eigenvalue weighted by Crippen LogP contribution is 2.34. The van der Waals surface area contributed by atoms with Gasteiger partial charge >= 0.3 is 0 Å². The van der Waals surface area contributed by atoms with E-state index in [-0.39, 0.29) is 0 Å². The van der Waals surface area contributed by atoms with Crippen molar-refractivity contribution in [3.8, 4) is 5.75 Å². The zero-order valence-electron chi connectivity index (χ0n) is 9.12. The van der Waals surface area contributed by atoms with Crippen LogP contribution >= 0.6 is 0 Å². The van der Waals surface area contributed by atoms with Gasteiger partial charge in [0, 0.05) is 12.5 Å². The first-order valence-electron chi connectivity index (χ1n) is 5.83. The van der Waals surface area contributed by atoms with E-state index in [0.29, 0.717) is 6.04 Å². The van der Waals surface area contributed by atoms with Gasteiger partial charge in [-0.3, -0.25) is 0 Å². The van der Waals surface area contributed by atoms with Gasteiger partial charge in [-0.1, -0.05) is 19.1 Å². The van der Waals surface area contributed by atoms with Crippen LogP contribution in [0.15, 0.2) is 18.2 Å². The third-order valence-corrected chi connectivity index (χ3v) is 3.61. The Kier molecular flexibility index (Phi) is 2.17. The average Bonchev–Trinajstić information content (AvgIpc) is 2.84. The van der Waals surface area contributed by atoms with E-state index in [0.717, 1.165) is 31.2 Å². The summed E-state index contributed by atoms with van der Waals surface area (Å²) in [5.41, 5.74) is 2.75. The molecule has 3 rings (SSSR count). The first-order valence-corrected chi connectivity index (χ1v) is 5.83. The van der Waals surface area contributed by atoms with Crippen molar-refractivity contribution in [1.82, 2.24) is 5.32 Å². The topological polar surface area (TPSA) is 21.3 Å². The number of ether oxygens (including phenoxy) is 1. The Labute approximate surface area is 90.6 Å². The fraction of sp³-hybridized carbons (Fsp3) is 0.538. The number of fused-ring (bicyclic) bond motifs is 1. The largest absolute Gasteiger partial charge is 0.493 e. The highest BCUT2D eigenvalue weighted by molar-refractivity contribution is 5.41. The predicted octanol–water partition coefficient (Wildman–Crippen LogP) is 2.29. The van der Waals surface area contributed by atoms with Crippen LogP contribution in [0, 0.1) is 5.92 Å². The Morgan fingerprint density at radius 3 is 3.13 bits per heavy atom. The van der Waals surface area contributed by atoms with Crippen molar-refractivity contribution in [3.63, 3.8) is 0 Å². The lowest BCUT2D eigenvalue weighted by molar-refractivity contribution is 0.356. The van der Waals surface area contributed by atoms with Crippen LogP contribution in [-0.4, -0.2) is 13.2 Å². The molecule has 1 aromatic rings. The number of benzene rings is 1. The van der Waals surface area contributed by atoms with Crippen molar-refractivity contribution in [2.45, 2.75) is 25.8 Å². The lowest BCUT2D eigenvalue weighted by Crippen LogP contribution is -2.16. The van der Waals surface area contributed by atoms with E-state index in [1.54, 1.807) is 0 Å². The van der Waals surface area contributed by atoms with Gasteiger partial charge < -0.3 is 10.1 Å². The molecule has 1 N–H and O–H groups in total. The van der Waals surface area contributed by atoms with Crippen LogP contribution in [0.1, 0.15) is 30.5 Å². The minimum absolute atomic E-state index is 0.527. The summed E-state index contributed by atoms with van der Waals surface area (Å²) in [6.07, 6.45) is 2.35. The molecule has 2 heteroatoms. The maximum absolute atomic E-state index is 5.61. The molecule has 1 fully saturated rings. The highest BCUT2D eigenvalue weighted by atomic mass is 16.5. The second kappa shape index (κ2) is 3.53. The summed E-state index contributed by atoms with van der Waals surface area (Å²) in [6, 6.07) is 7.23. The van der Waals surface area contributed by atoms with Gasteiger partial charge in [0.05, 0.1) is 6.61 Å². The second-order valence-corrected chi connectivity index (χ2v) is 4.66. The third kappa shape index (κ3) is 1.53. The van der Waals surface area contributed by atoms with Gasteiger partial charge in [0.2, 0.25) is 0 Å². The lowest BCUT2D eigenvalue weighted by Gasteiger charge is -2.16. The van der Waals surface area contributed by atoms with E-state index in [1.165, 1.54) is 17.5 Å². The third-order valence-electron chi connectivity index (χ3n) is 3.61. The molecule has 2 nitrogen and oxygen atoms in total. The number of hydrogen-bond donors (Lipinski definition) is 1. The van der Waals surface area contributed by atoms with Crippen molar-refractivity contribution >= 4 is 0 Å². The van der Waals surface area contributed by atoms with Crippen molar-refractivity contribution in [2.75, 3.05) is 13.2 Å². The summed E-state index contributed by atoms with van der Waals surface area (Å²) in [6.45, 7) is 4.31. The average molecular weight is 203 g/mol. The molecule has 0 saturated carbocycles. The van der Waals surface area contributed by atoms with Gasteiger partial charge in [0.15, 0.2) is 0 Å². The van der Waals surface area contributed by atoms with Crippen LogP contribution in [-0.2, 0) is 6.42 Å². The Balaban J connectivity index is 1.92. The molecule has 2 aliphatic heterocycles. The fourth-order valence-electron chi connectivity index (χ4n) is 2.66. The van der Waals surface area contributed by atoms with Crippen LogP contribution in [0.2, 0.25) is 0 Å². The van der Waals surface area contributed by atoms with E-state index in [2.05, 4.69) is 30.4 Å². The Morgan fingerprint density at radius 2 is 2.33 bits per heavy atom. The van der Waals surface area contributed by atoms with E-state index >= 15 is 0 Å². The van der Waals surface area contributed by atoms with Crippen LogP contribution in [0.4, 0.5) is 0 Å². The summed E-state index contributed by atoms with van der Waals surface area (Å²) in [7, 11) is 0. The summed E-state index contributed by atoms with van der Waals surface area (Å²) in [4.78, 5) is 0. The minimum Gasteiger partial charge on any atom is -0.493 e. The van der Waals surface area contributed by atoms with Crippen LogP contribution in [0.3, 0.4) is 0 Å². The van der Waals surface area contributed by atoms with Gasteiger partial charge in [-0.2, -0.15) is 0 Å². The highest BCUT2D eigenvalue weighted by Gasteiger charge is 2.25. The number of nitrogens with one attached hydrogen (secondary N) is 1. The molecule has 0 amide bonds. The first-order chi connectivity index (χ1) is 7.34. The molecule has 0 radical (unpaired) electrons. The van der Waals surface area contributed by atoms with E-state index in [4.69, 9.17) is 4.74 Å². The summed E-state index contributed by atoms with van der Waals surface area (Å²) < 4.78 is 5.61. The zero-order valence-corrected chi connectivity index (χ0v) is 9.12. The monoisotopic (exact) mass is 203 g/mol. The number of rotatable bonds is 1. The van der Waals surface area contributed by atoms with Crippen molar-refractivity contribution < 1.29 is 4.74 Å². The molecule has 1 aromatic carbocycles. The van der Waals surface area contributed by atoms with Gasteiger partial charge in [0.25, 0.3) is 0 Å². The molecule has 80 valence electrons. The summed E-state index contributed by atoms with van der Waals surface area (Å²) in [5, 5.41) is 3.56. The normalized spacial score (nSPS) is 28.9. The van der Waals surface area contributed by atoms with Crippen molar-refractivity contribution in [1.29, 1.82) is 0 Å². The molecule has 2 heterocycles. The van der Waals surface area contributed by atoms with Gasteiger partial charge in [-0.15, -0.1) is 0 Å². The Hall–Kier alpha value is -1.02. The van der Waals surface area contributed by atoms with Crippen LogP contribution in [0.5, 0.6) is 5.75 Å². The lowest BCUT2D eigenvalue weighted by atomic mass is 9.95. The molecule has 0 aromatic heterocycles. The van der Waals surface area contributed by atoms with Gasteiger partial charge in [0.1, 0.15) is 5.75 Å². The molecule has 0 bridgehead atoms. The van der Waals surface area contributed by atoms with E-state index in [1.807, 2.05) is 0 Å². The standard InChI is InChI=1S/C13H17NO/c1-9-4-6-14-13(9)11-3-2-10-5-7-15-12(10)8-11/h2-3,8-9,13-14H,4-7H2,1H3/t9-,13-/m1/s1. The van der Waals surface area contributed by atoms with Crippen molar-refractivity contribution in [2.24, 2.45) is 5.92 Å². The SMILES string of the molecule is C[C@@H]1CCN[C@H]1c1ccc2c(c1)OCC2. The molecule has 0 spiro atoms. The van der Waals surface area contributed by atoms with Gasteiger partial charge in [-0.25, -0.2) is 0 Å². The molecule has 0 aliphatic carbocycles. The minimum atomic E-state index is 0.527. The predicted molar refractivity (Wildman–Crippen MR) is 60.2 cm³/mol. The molecular formula is C13H17NO. The van der Waals surface area contributed by atoms with Gasteiger partial charge in [-0.05, 0) is 36.1 Å². The molecule has 15 heavy (non-hydrogen) atoms. The smallest absolute Gasteiger partial charge is 0.122 e. The second-order valence-electron chi connectivity index (χ2n) is 4.66. The molecule has 0 unspecified atom stereocenters. The summed E-state index contributed by atoms with van der Waals surface area (Å²) >= 11 is 0.